The van der Waals surface area contributed by atoms with Crippen molar-refractivity contribution < 1.29 is 4.74 Å². The van der Waals surface area contributed by atoms with E-state index >= 15 is 0 Å². The Bertz CT molecular complexity index is 112. The molecule has 0 aliphatic heterocycles. The third kappa shape index (κ3) is 3.07. The van der Waals surface area contributed by atoms with Crippen molar-refractivity contribution in [3.63, 3.8) is 0 Å². The number of rotatable bonds is 4. The minimum Gasteiger partial charge on any atom is -0.381 e. The van der Waals surface area contributed by atoms with Crippen LogP contribution in [0.5, 0.6) is 0 Å². The average molecular weight is 207 g/mol. The van der Waals surface area contributed by atoms with Gasteiger partial charge in [0.05, 0.1) is 6.10 Å². The second-order valence-electron chi connectivity index (χ2n) is 3.55. The van der Waals surface area contributed by atoms with Crippen LogP contribution in [0.2, 0.25) is 0 Å². The fraction of sp³-hybridized carbons (Fsp3) is 1.00. The van der Waals surface area contributed by atoms with Gasteiger partial charge in [0.15, 0.2) is 0 Å². The maximum Gasteiger partial charge on any atom is 0.0733 e. The topological polar surface area (TPSA) is 9.23 Å². The lowest BCUT2D eigenvalue weighted by Crippen LogP contribution is -2.28. The summed E-state index contributed by atoms with van der Waals surface area (Å²) in [6, 6.07) is 0. The minimum atomic E-state index is 0.351. The zero-order chi connectivity index (χ0) is 8.81. The second kappa shape index (κ2) is 6.00. The van der Waals surface area contributed by atoms with E-state index < -0.39 is 0 Å². The van der Waals surface area contributed by atoms with E-state index in [-0.39, 0.29) is 0 Å². The summed E-state index contributed by atoms with van der Waals surface area (Å²) in [5, 5.41) is 0. The summed E-state index contributed by atoms with van der Waals surface area (Å²) in [7, 11) is 1.13. The van der Waals surface area contributed by atoms with E-state index in [0.717, 1.165) is 22.4 Å². The largest absolute Gasteiger partial charge is 0.381 e. The molecule has 1 aliphatic rings. The van der Waals surface area contributed by atoms with Gasteiger partial charge in [0.1, 0.15) is 0 Å². The Morgan fingerprint density at radius 2 is 2.00 bits per heavy atom. The number of alkyl halides is 1. The molecule has 1 atom stereocenters. The highest BCUT2D eigenvalue weighted by atomic mass is 35.5. The van der Waals surface area contributed by atoms with E-state index in [1.807, 2.05) is 0 Å². The lowest BCUT2D eigenvalue weighted by atomic mass is 9.86. The molecule has 0 heterocycles. The Kier molecular flexibility index (Phi) is 5.28. The molecule has 0 aromatic heterocycles. The highest BCUT2D eigenvalue weighted by molar-refractivity contribution is 6.18. The molecule has 0 aromatic rings. The minimum absolute atomic E-state index is 0.351. The predicted octanol–water partition coefficient (Wildman–Crippen LogP) is 1.51. The van der Waals surface area contributed by atoms with Gasteiger partial charge in [-0.15, -0.1) is 11.6 Å². The van der Waals surface area contributed by atoms with Crippen LogP contribution in [0.3, 0.4) is 0 Å². The Morgan fingerprint density at radius 1 is 1.33 bits per heavy atom. The molecule has 0 amide bonds. The molecule has 0 saturated heterocycles. The van der Waals surface area contributed by atoms with Crippen molar-refractivity contribution in [1.82, 2.24) is 0 Å². The summed E-state index contributed by atoms with van der Waals surface area (Å²) >= 11 is 5.87. The van der Waals surface area contributed by atoms with Crippen LogP contribution in [-0.4, -0.2) is 28.5 Å². The third-order valence-electron chi connectivity index (χ3n) is 2.71. The van der Waals surface area contributed by atoms with Crippen molar-refractivity contribution in [1.29, 1.82) is 0 Å². The van der Waals surface area contributed by atoms with Crippen LogP contribution in [0.1, 0.15) is 32.1 Å². The van der Waals surface area contributed by atoms with Crippen molar-refractivity contribution >= 4 is 21.8 Å². The molecule has 0 spiro atoms. The Balaban J connectivity index is 2.29. The number of ether oxygens (including phenoxy) is 1. The van der Waals surface area contributed by atoms with Crippen LogP contribution in [0, 0.1) is 5.92 Å². The smallest absolute Gasteiger partial charge is 0.0733 e. The van der Waals surface area contributed by atoms with Crippen molar-refractivity contribution in [3.8, 4) is 0 Å². The van der Waals surface area contributed by atoms with Gasteiger partial charge in [0, 0.05) is 22.4 Å². The molecule has 1 saturated carbocycles. The van der Waals surface area contributed by atoms with Gasteiger partial charge in [-0.25, -0.2) is 0 Å². The van der Waals surface area contributed by atoms with E-state index in [0.29, 0.717) is 12.0 Å². The quantitative estimate of drug-likeness (QED) is 0.501. The van der Waals surface area contributed by atoms with Crippen LogP contribution >= 0.6 is 11.6 Å². The molecule has 0 bridgehead atoms. The van der Waals surface area contributed by atoms with Crippen LogP contribution < -0.4 is 0 Å². The summed E-state index contributed by atoms with van der Waals surface area (Å²) in [6.45, 7) is 0. The van der Waals surface area contributed by atoms with E-state index in [1.54, 1.807) is 0 Å². The molecule has 0 radical (unpaired) electrons. The van der Waals surface area contributed by atoms with Gasteiger partial charge >= 0.3 is 0 Å². The molecule has 1 nitrogen and oxygen atoms in total. The van der Waals surface area contributed by atoms with Crippen LogP contribution in [-0.2, 0) is 4.74 Å². The first kappa shape index (κ1) is 10.5. The summed E-state index contributed by atoms with van der Waals surface area (Å²) in [4.78, 5) is 0. The number of hydrogen-bond donors (Lipinski definition) is 0. The SMILES string of the molecule is [SiH3]COC(CCl)C1CCCCC1. The maximum atomic E-state index is 5.87. The highest BCUT2D eigenvalue weighted by Crippen LogP contribution is 2.28. The third-order valence-corrected chi connectivity index (χ3v) is 3.35. The monoisotopic (exact) mass is 206 g/mol. The van der Waals surface area contributed by atoms with Gasteiger partial charge in [-0.3, -0.25) is 0 Å². The Morgan fingerprint density at radius 3 is 2.50 bits per heavy atom. The van der Waals surface area contributed by atoms with Gasteiger partial charge in [0.2, 0.25) is 0 Å². The van der Waals surface area contributed by atoms with Crippen molar-refractivity contribution in [2.45, 2.75) is 38.2 Å². The number of hydrogen-bond acceptors (Lipinski definition) is 1. The van der Waals surface area contributed by atoms with Gasteiger partial charge in [0.25, 0.3) is 0 Å². The fourth-order valence-corrected chi connectivity index (χ4v) is 2.80. The van der Waals surface area contributed by atoms with Gasteiger partial charge < -0.3 is 4.74 Å². The summed E-state index contributed by atoms with van der Waals surface area (Å²) < 4.78 is 5.66. The van der Waals surface area contributed by atoms with Crippen LogP contribution in [0.4, 0.5) is 0 Å². The van der Waals surface area contributed by atoms with Crippen molar-refractivity contribution in [2.75, 3.05) is 12.1 Å². The molecule has 1 rings (SSSR count). The lowest BCUT2D eigenvalue weighted by Gasteiger charge is -2.28. The molecule has 0 aromatic carbocycles. The highest BCUT2D eigenvalue weighted by Gasteiger charge is 2.22. The van der Waals surface area contributed by atoms with E-state index in [9.17, 15) is 0 Å². The zero-order valence-corrected chi connectivity index (χ0v) is 10.6. The molecule has 1 unspecified atom stereocenters. The molecule has 3 heteroatoms. The van der Waals surface area contributed by atoms with Gasteiger partial charge in [-0.1, -0.05) is 19.3 Å². The van der Waals surface area contributed by atoms with E-state index in [2.05, 4.69) is 0 Å². The first-order chi connectivity index (χ1) is 5.88. The van der Waals surface area contributed by atoms with Crippen molar-refractivity contribution in [2.24, 2.45) is 5.92 Å². The fourth-order valence-electron chi connectivity index (χ4n) is 2.03. The summed E-state index contributed by atoms with van der Waals surface area (Å²) in [5.41, 5.74) is 0. The lowest BCUT2D eigenvalue weighted by molar-refractivity contribution is 0.0412. The Hall–Kier alpha value is 0.467. The molecule has 12 heavy (non-hydrogen) atoms. The van der Waals surface area contributed by atoms with Crippen LogP contribution in [0.15, 0.2) is 0 Å². The van der Waals surface area contributed by atoms with E-state index in [4.69, 9.17) is 16.3 Å². The molecule has 1 fully saturated rings. The van der Waals surface area contributed by atoms with Gasteiger partial charge in [-0.05, 0) is 18.8 Å². The number of halogens is 1. The first-order valence-corrected chi connectivity index (χ1v) is 7.01. The predicted molar refractivity (Wildman–Crippen MR) is 57.0 cm³/mol. The maximum absolute atomic E-state index is 5.87. The molecule has 0 N–H and O–H groups in total. The summed E-state index contributed by atoms with van der Waals surface area (Å²) in [6.07, 6.45) is 8.12. The zero-order valence-electron chi connectivity index (χ0n) is 7.89. The average Bonchev–Trinajstić information content (AvgIpc) is 2.15. The van der Waals surface area contributed by atoms with Crippen LogP contribution in [0.25, 0.3) is 0 Å². The summed E-state index contributed by atoms with van der Waals surface area (Å²) in [5.74, 6) is 1.44. The molecular formula is C9H19ClOSi. The van der Waals surface area contributed by atoms with E-state index in [1.165, 1.54) is 32.1 Å². The molecule has 72 valence electrons. The molecule has 1 aliphatic carbocycles. The standard InChI is InChI=1S/C9H19ClOSi/c10-6-9(11-7-12)8-4-2-1-3-5-8/h8-9H,1-7H2,12H3. The first-order valence-electron chi connectivity index (χ1n) is 5.06. The second-order valence-corrected chi connectivity index (χ2v) is 4.43. The molecular weight excluding hydrogens is 188 g/mol. The van der Waals surface area contributed by atoms with Crippen molar-refractivity contribution in [3.05, 3.63) is 0 Å². The normalized spacial score (nSPS) is 22.8. The Labute approximate surface area is 83.2 Å². The van der Waals surface area contributed by atoms with Gasteiger partial charge in [-0.2, -0.15) is 0 Å².